The Morgan fingerprint density at radius 3 is 2.63 bits per heavy atom. The monoisotopic (exact) mass is 429 g/mol. The van der Waals surface area contributed by atoms with Gasteiger partial charge in [-0.15, -0.1) is 36.2 Å². The molecule has 2 N–H and O–H groups in total. The van der Waals surface area contributed by atoms with E-state index in [4.69, 9.17) is 10.7 Å². The van der Waals surface area contributed by atoms with Gasteiger partial charge in [0.25, 0.3) is 0 Å². The number of likely N-dealkylation sites (tertiary alicyclic amines) is 1. The molecule has 1 aliphatic heterocycles. The molecule has 0 aliphatic carbocycles. The summed E-state index contributed by atoms with van der Waals surface area (Å²) < 4.78 is 0. The number of hydrogen-bond donors (Lipinski definition) is 1. The topological polar surface area (TPSA) is 59.2 Å². The molecule has 1 saturated heterocycles. The van der Waals surface area contributed by atoms with E-state index in [9.17, 15) is 4.79 Å². The van der Waals surface area contributed by atoms with Crippen molar-refractivity contribution in [1.82, 2.24) is 9.88 Å². The van der Waals surface area contributed by atoms with Crippen molar-refractivity contribution in [3.8, 4) is 0 Å². The smallest absolute Gasteiger partial charge is 0.224 e. The van der Waals surface area contributed by atoms with Crippen molar-refractivity contribution >= 4 is 42.1 Å². The first-order valence-electron chi connectivity index (χ1n) is 9.08. The molecule has 1 fully saturated rings. The number of hydrogen-bond acceptors (Lipinski definition) is 4. The maximum absolute atomic E-state index is 12.7. The zero-order chi connectivity index (χ0) is 17.8. The summed E-state index contributed by atoms with van der Waals surface area (Å²) in [5.41, 5.74) is 8.41. The summed E-state index contributed by atoms with van der Waals surface area (Å²) in [7, 11) is 0. The minimum atomic E-state index is -0.235. The summed E-state index contributed by atoms with van der Waals surface area (Å²) >= 11 is 1.74. The molecular formula is C20H29Cl2N3OS. The number of piperidine rings is 1. The zero-order valence-electron chi connectivity index (χ0n) is 15.8. The highest BCUT2D eigenvalue weighted by atomic mass is 35.5. The second-order valence-corrected chi connectivity index (χ2v) is 8.06. The van der Waals surface area contributed by atoms with Crippen LogP contribution in [-0.4, -0.2) is 28.9 Å². The Morgan fingerprint density at radius 2 is 2.00 bits per heavy atom. The molecule has 7 heteroatoms. The predicted octanol–water partition coefficient (Wildman–Crippen LogP) is 4.91. The van der Waals surface area contributed by atoms with Crippen LogP contribution in [0.1, 0.15) is 67.3 Å². The lowest BCUT2D eigenvalue weighted by molar-refractivity contribution is -0.132. The summed E-state index contributed by atoms with van der Waals surface area (Å²) in [6, 6.07) is 9.63. The summed E-state index contributed by atoms with van der Waals surface area (Å²) in [6.07, 6.45) is 2.51. The van der Waals surface area contributed by atoms with E-state index in [1.165, 1.54) is 5.01 Å². The van der Waals surface area contributed by atoms with E-state index in [0.29, 0.717) is 18.3 Å². The van der Waals surface area contributed by atoms with E-state index in [1.54, 1.807) is 11.3 Å². The second-order valence-electron chi connectivity index (χ2n) is 7.17. The third kappa shape index (κ3) is 6.18. The minimum Gasteiger partial charge on any atom is -0.342 e. The fourth-order valence-electron chi connectivity index (χ4n) is 3.29. The minimum absolute atomic E-state index is 0. The lowest BCUT2D eigenvalue weighted by Crippen LogP contribution is -2.40. The van der Waals surface area contributed by atoms with Crippen molar-refractivity contribution in [2.75, 3.05) is 13.1 Å². The normalized spacial score (nSPS) is 17.8. The van der Waals surface area contributed by atoms with Gasteiger partial charge in [-0.1, -0.05) is 44.2 Å². The molecule has 2 heterocycles. The van der Waals surface area contributed by atoms with Gasteiger partial charge >= 0.3 is 0 Å². The van der Waals surface area contributed by atoms with Crippen LogP contribution in [0.2, 0.25) is 0 Å². The van der Waals surface area contributed by atoms with Gasteiger partial charge in [-0.25, -0.2) is 4.98 Å². The number of carbonyl (C=O) groups is 1. The van der Waals surface area contributed by atoms with Crippen molar-refractivity contribution in [3.63, 3.8) is 0 Å². The molecule has 0 spiro atoms. The maximum atomic E-state index is 12.7. The first-order valence-corrected chi connectivity index (χ1v) is 9.96. The van der Waals surface area contributed by atoms with E-state index in [2.05, 4.69) is 19.2 Å². The molecule has 4 nitrogen and oxygen atoms in total. The van der Waals surface area contributed by atoms with Crippen molar-refractivity contribution in [2.45, 2.75) is 51.0 Å². The molecule has 1 aromatic heterocycles. The highest BCUT2D eigenvalue weighted by Crippen LogP contribution is 2.31. The number of nitrogens with two attached hydrogens (primary N) is 1. The largest absolute Gasteiger partial charge is 0.342 e. The van der Waals surface area contributed by atoms with E-state index < -0.39 is 0 Å². The Hall–Kier alpha value is -1.14. The number of thiazole rings is 1. The van der Waals surface area contributed by atoms with Crippen molar-refractivity contribution in [3.05, 3.63) is 52.0 Å². The van der Waals surface area contributed by atoms with Crippen molar-refractivity contribution in [1.29, 1.82) is 0 Å². The first-order chi connectivity index (χ1) is 12.0. The molecule has 2 aromatic rings. The second kappa shape index (κ2) is 11.0. The van der Waals surface area contributed by atoms with Gasteiger partial charge in [-0.3, -0.25) is 4.79 Å². The number of amides is 1. The average Bonchev–Trinajstić information content (AvgIpc) is 3.13. The van der Waals surface area contributed by atoms with Crippen LogP contribution in [-0.2, 0) is 4.79 Å². The number of halogens is 2. The zero-order valence-corrected chi connectivity index (χ0v) is 18.3. The lowest BCUT2D eigenvalue weighted by atomic mass is 9.97. The average molecular weight is 430 g/mol. The van der Waals surface area contributed by atoms with Crippen LogP contribution < -0.4 is 5.73 Å². The summed E-state index contributed by atoms with van der Waals surface area (Å²) in [5.74, 6) is 0.972. The van der Waals surface area contributed by atoms with Gasteiger partial charge in [-0.2, -0.15) is 0 Å². The fourth-order valence-corrected chi connectivity index (χ4v) is 4.40. The van der Waals surface area contributed by atoms with Gasteiger partial charge in [-0.05, 0) is 24.3 Å². The van der Waals surface area contributed by atoms with E-state index >= 15 is 0 Å². The van der Waals surface area contributed by atoms with Crippen LogP contribution in [0.3, 0.4) is 0 Å². The Balaban J connectivity index is 0.00000182. The van der Waals surface area contributed by atoms with E-state index in [1.807, 2.05) is 35.2 Å². The fraction of sp³-hybridized carbons (Fsp3) is 0.500. The molecule has 2 unspecified atom stereocenters. The van der Waals surface area contributed by atoms with Gasteiger partial charge in [0.15, 0.2) is 0 Å². The molecule has 27 heavy (non-hydrogen) atoms. The first kappa shape index (κ1) is 23.9. The molecule has 3 rings (SSSR count). The Bertz CT molecular complexity index is 708. The van der Waals surface area contributed by atoms with Crippen molar-refractivity contribution < 1.29 is 4.79 Å². The number of carbonyl (C=O) groups excluding carboxylic acids is 1. The molecule has 0 radical (unpaired) electrons. The number of benzene rings is 1. The van der Waals surface area contributed by atoms with E-state index in [-0.39, 0.29) is 36.8 Å². The standard InChI is InChI=1S/C20H27N3OS.2ClH/c1-14(2)18-13-25-20(22-18)16-9-6-10-23(12-16)19(24)11-17(21)15-7-4-3-5-8-15;;/h3-5,7-8,13-14,16-17H,6,9-12,21H2,1-2H3;2*1H. The van der Waals surface area contributed by atoms with Crippen LogP contribution in [0.15, 0.2) is 35.7 Å². The Labute approximate surface area is 178 Å². The molecule has 2 atom stereocenters. The molecular weight excluding hydrogens is 401 g/mol. The Kier molecular flexibility index (Phi) is 9.74. The molecule has 1 aromatic carbocycles. The summed E-state index contributed by atoms with van der Waals surface area (Å²) in [6.45, 7) is 5.94. The third-order valence-corrected chi connectivity index (χ3v) is 5.90. The maximum Gasteiger partial charge on any atom is 0.224 e. The molecule has 1 amide bonds. The third-order valence-electron chi connectivity index (χ3n) is 4.88. The number of aromatic nitrogens is 1. The van der Waals surface area contributed by atoms with Gasteiger partial charge in [0.2, 0.25) is 5.91 Å². The van der Waals surface area contributed by atoms with E-state index in [0.717, 1.165) is 37.2 Å². The Morgan fingerprint density at radius 1 is 1.30 bits per heavy atom. The molecule has 0 bridgehead atoms. The lowest BCUT2D eigenvalue weighted by Gasteiger charge is -2.32. The van der Waals surface area contributed by atoms with Gasteiger partial charge in [0.05, 0.1) is 10.7 Å². The highest BCUT2D eigenvalue weighted by molar-refractivity contribution is 7.09. The van der Waals surface area contributed by atoms with Crippen LogP contribution in [0.4, 0.5) is 0 Å². The van der Waals surface area contributed by atoms with Crippen LogP contribution in [0.25, 0.3) is 0 Å². The van der Waals surface area contributed by atoms with Gasteiger partial charge in [0.1, 0.15) is 0 Å². The van der Waals surface area contributed by atoms with Crippen LogP contribution in [0, 0.1) is 0 Å². The van der Waals surface area contributed by atoms with Crippen LogP contribution >= 0.6 is 36.2 Å². The van der Waals surface area contributed by atoms with Gasteiger partial charge < -0.3 is 10.6 Å². The quantitative estimate of drug-likeness (QED) is 0.734. The summed E-state index contributed by atoms with van der Waals surface area (Å²) in [5, 5.41) is 3.33. The van der Waals surface area contributed by atoms with Crippen molar-refractivity contribution in [2.24, 2.45) is 5.73 Å². The molecule has 0 saturated carbocycles. The number of nitrogens with zero attached hydrogens (tertiary/aromatic N) is 2. The van der Waals surface area contributed by atoms with Crippen LogP contribution in [0.5, 0.6) is 0 Å². The molecule has 1 aliphatic rings. The number of rotatable bonds is 5. The molecule has 150 valence electrons. The highest BCUT2D eigenvalue weighted by Gasteiger charge is 2.27. The predicted molar refractivity (Wildman–Crippen MR) is 117 cm³/mol. The van der Waals surface area contributed by atoms with Gasteiger partial charge in [0, 0.05) is 36.9 Å². The summed E-state index contributed by atoms with van der Waals surface area (Å²) in [4.78, 5) is 19.5. The SMILES string of the molecule is CC(C)c1csc(C2CCCN(C(=O)CC(N)c3ccccc3)C2)n1.Cl.Cl.